The second-order valence-electron chi connectivity index (χ2n) is 5.44. The van der Waals surface area contributed by atoms with Gasteiger partial charge in [-0.3, -0.25) is 14.9 Å². The summed E-state index contributed by atoms with van der Waals surface area (Å²) in [5.41, 5.74) is 6.32. The molecule has 2 aromatic carbocycles. The molecule has 0 saturated carbocycles. The first-order valence-corrected chi connectivity index (χ1v) is 7.79. The van der Waals surface area contributed by atoms with Crippen LogP contribution in [-0.4, -0.2) is 23.4 Å². The summed E-state index contributed by atoms with van der Waals surface area (Å²) in [6.45, 7) is 2.26. The smallest absolute Gasteiger partial charge is 0.311 e. The number of nitro groups is 1. The molecule has 0 aliphatic rings. The number of nitrogens with two attached hydrogens (primary N) is 1. The number of nitrogens with zero attached hydrogens (tertiary/aromatic N) is 1. The minimum atomic E-state index is -0.545. The van der Waals surface area contributed by atoms with Gasteiger partial charge in [-0.2, -0.15) is 0 Å². The zero-order valence-electron chi connectivity index (χ0n) is 13.5. The van der Waals surface area contributed by atoms with Gasteiger partial charge in [0.25, 0.3) is 0 Å². The molecule has 2 rings (SSSR count). The van der Waals surface area contributed by atoms with Gasteiger partial charge in [0.2, 0.25) is 0 Å². The summed E-state index contributed by atoms with van der Waals surface area (Å²) in [5, 5.41) is 11.3. The van der Waals surface area contributed by atoms with Gasteiger partial charge in [-0.05, 0) is 25.0 Å². The molecule has 24 heavy (non-hydrogen) atoms. The minimum Gasteiger partial charge on any atom is -0.487 e. The highest BCUT2D eigenvalue weighted by Crippen LogP contribution is 2.29. The van der Waals surface area contributed by atoms with Crippen LogP contribution in [0, 0.1) is 10.1 Å². The van der Waals surface area contributed by atoms with Crippen LogP contribution in [0.4, 0.5) is 5.69 Å². The molecule has 6 heteroatoms. The highest BCUT2D eigenvalue weighted by molar-refractivity contribution is 6.09. The first kappa shape index (κ1) is 17.6. The molecule has 2 aromatic rings. The maximum atomic E-state index is 12.4. The van der Waals surface area contributed by atoms with E-state index in [9.17, 15) is 14.9 Å². The fourth-order valence-electron chi connectivity index (χ4n) is 2.20. The molecule has 0 heterocycles. The van der Waals surface area contributed by atoms with Crippen LogP contribution in [0.5, 0.6) is 5.75 Å². The van der Waals surface area contributed by atoms with Crippen molar-refractivity contribution in [3.05, 3.63) is 69.8 Å². The molecule has 0 aliphatic heterocycles. The summed E-state index contributed by atoms with van der Waals surface area (Å²) < 4.78 is 5.48. The second kappa shape index (κ2) is 8.21. The van der Waals surface area contributed by atoms with Crippen LogP contribution in [0.15, 0.2) is 48.5 Å². The summed E-state index contributed by atoms with van der Waals surface area (Å²) in [6, 6.07) is 12.9. The molecule has 6 nitrogen and oxygen atoms in total. The Labute approximate surface area is 140 Å². The van der Waals surface area contributed by atoms with Gasteiger partial charge in [-0.1, -0.05) is 37.3 Å². The quantitative estimate of drug-likeness (QED) is 0.455. The Kier molecular flexibility index (Phi) is 6.03. The average Bonchev–Trinajstić information content (AvgIpc) is 2.61. The van der Waals surface area contributed by atoms with E-state index in [4.69, 9.17) is 10.5 Å². The number of hydrogen-bond donors (Lipinski definition) is 1. The number of rotatable bonds is 8. The molecule has 0 bridgehead atoms. The SMILES string of the molecule is CCC(N)CCOc1ccc(C(=O)c2ccccc2)cc1[N+](=O)[O-]. The number of carbonyl (C=O) groups excluding carboxylic acids is 1. The van der Waals surface area contributed by atoms with Crippen molar-refractivity contribution < 1.29 is 14.5 Å². The monoisotopic (exact) mass is 328 g/mol. The van der Waals surface area contributed by atoms with E-state index in [2.05, 4.69) is 0 Å². The molecule has 0 fully saturated rings. The third-order valence-corrected chi connectivity index (χ3v) is 3.72. The number of ether oxygens (including phenoxy) is 1. The lowest BCUT2D eigenvalue weighted by Crippen LogP contribution is -2.21. The normalized spacial score (nSPS) is 11.8. The number of carbonyl (C=O) groups is 1. The Morgan fingerprint density at radius 1 is 1.21 bits per heavy atom. The number of nitro benzene ring substituents is 1. The lowest BCUT2D eigenvalue weighted by Gasteiger charge is -2.11. The highest BCUT2D eigenvalue weighted by atomic mass is 16.6. The Morgan fingerprint density at radius 3 is 2.54 bits per heavy atom. The number of benzene rings is 2. The lowest BCUT2D eigenvalue weighted by atomic mass is 10.0. The van der Waals surface area contributed by atoms with E-state index in [1.54, 1.807) is 30.3 Å². The summed E-state index contributed by atoms with van der Waals surface area (Å²) in [5.74, 6) is -0.119. The van der Waals surface area contributed by atoms with Gasteiger partial charge in [0, 0.05) is 23.2 Å². The molecular weight excluding hydrogens is 308 g/mol. The molecular formula is C18H20N2O4. The van der Waals surface area contributed by atoms with Gasteiger partial charge >= 0.3 is 5.69 Å². The van der Waals surface area contributed by atoms with Crippen molar-refractivity contribution in [1.29, 1.82) is 0 Å². The molecule has 0 saturated heterocycles. The topological polar surface area (TPSA) is 95.5 Å². The molecule has 126 valence electrons. The fourth-order valence-corrected chi connectivity index (χ4v) is 2.20. The maximum absolute atomic E-state index is 12.4. The highest BCUT2D eigenvalue weighted by Gasteiger charge is 2.19. The van der Waals surface area contributed by atoms with Crippen LogP contribution in [0.2, 0.25) is 0 Å². The summed E-state index contributed by atoms with van der Waals surface area (Å²) in [7, 11) is 0. The Balaban J connectivity index is 2.20. The van der Waals surface area contributed by atoms with Gasteiger partial charge < -0.3 is 10.5 Å². The molecule has 0 radical (unpaired) electrons. The third kappa shape index (κ3) is 4.39. The molecule has 0 amide bonds. The first-order chi connectivity index (χ1) is 11.5. The molecule has 0 spiro atoms. The van der Waals surface area contributed by atoms with Crippen molar-refractivity contribution in [3.63, 3.8) is 0 Å². The zero-order chi connectivity index (χ0) is 17.5. The molecule has 2 N–H and O–H groups in total. The maximum Gasteiger partial charge on any atom is 0.311 e. The number of hydrogen-bond acceptors (Lipinski definition) is 5. The largest absolute Gasteiger partial charge is 0.487 e. The lowest BCUT2D eigenvalue weighted by molar-refractivity contribution is -0.385. The van der Waals surface area contributed by atoms with E-state index >= 15 is 0 Å². The van der Waals surface area contributed by atoms with Gasteiger partial charge in [-0.25, -0.2) is 0 Å². The van der Waals surface area contributed by atoms with Gasteiger partial charge in [-0.15, -0.1) is 0 Å². The van der Waals surface area contributed by atoms with E-state index in [0.29, 0.717) is 18.6 Å². The molecule has 1 atom stereocenters. The Morgan fingerprint density at radius 2 is 1.92 bits per heavy atom. The zero-order valence-corrected chi connectivity index (χ0v) is 13.5. The van der Waals surface area contributed by atoms with Crippen molar-refractivity contribution >= 4 is 11.5 Å². The van der Waals surface area contributed by atoms with Crippen LogP contribution in [0.1, 0.15) is 35.7 Å². The molecule has 0 aliphatic carbocycles. The van der Waals surface area contributed by atoms with Crippen LogP contribution in [0.3, 0.4) is 0 Å². The number of ketones is 1. The summed E-state index contributed by atoms with van der Waals surface area (Å²) in [6.07, 6.45) is 1.42. The van der Waals surface area contributed by atoms with Crippen LogP contribution >= 0.6 is 0 Å². The average molecular weight is 328 g/mol. The van der Waals surface area contributed by atoms with Crippen molar-refractivity contribution in [2.45, 2.75) is 25.8 Å². The van der Waals surface area contributed by atoms with E-state index in [1.165, 1.54) is 18.2 Å². The minimum absolute atomic E-state index is 0.00277. The van der Waals surface area contributed by atoms with Gasteiger partial charge in [0.05, 0.1) is 11.5 Å². The summed E-state index contributed by atoms with van der Waals surface area (Å²) in [4.78, 5) is 23.1. The van der Waals surface area contributed by atoms with Crippen LogP contribution in [-0.2, 0) is 0 Å². The standard InChI is InChI=1S/C18H20N2O4/c1-2-15(19)10-11-24-17-9-8-14(12-16(17)20(22)23)18(21)13-6-4-3-5-7-13/h3-9,12,15H,2,10-11,19H2,1H3. The van der Waals surface area contributed by atoms with Crippen LogP contribution < -0.4 is 10.5 Å². The van der Waals surface area contributed by atoms with E-state index < -0.39 is 4.92 Å². The fraction of sp³-hybridized carbons (Fsp3) is 0.278. The van der Waals surface area contributed by atoms with Gasteiger partial charge in [0.15, 0.2) is 11.5 Å². The van der Waals surface area contributed by atoms with Crippen molar-refractivity contribution in [3.8, 4) is 5.75 Å². The van der Waals surface area contributed by atoms with E-state index in [1.807, 2.05) is 6.92 Å². The second-order valence-corrected chi connectivity index (χ2v) is 5.44. The van der Waals surface area contributed by atoms with Crippen molar-refractivity contribution in [2.75, 3.05) is 6.61 Å². The van der Waals surface area contributed by atoms with Crippen LogP contribution in [0.25, 0.3) is 0 Å². The van der Waals surface area contributed by atoms with E-state index in [0.717, 1.165) is 6.42 Å². The molecule has 0 aromatic heterocycles. The third-order valence-electron chi connectivity index (χ3n) is 3.72. The van der Waals surface area contributed by atoms with E-state index in [-0.39, 0.29) is 28.8 Å². The Bertz CT molecular complexity index is 716. The first-order valence-electron chi connectivity index (χ1n) is 7.79. The summed E-state index contributed by atoms with van der Waals surface area (Å²) >= 11 is 0. The predicted molar refractivity (Wildman–Crippen MR) is 91.3 cm³/mol. The molecule has 1 unspecified atom stereocenters. The predicted octanol–water partition coefficient (Wildman–Crippen LogP) is 3.33. The van der Waals surface area contributed by atoms with Gasteiger partial charge in [0.1, 0.15) is 0 Å². The van der Waals surface area contributed by atoms with Crippen molar-refractivity contribution in [1.82, 2.24) is 0 Å². The Hall–Kier alpha value is -2.73. The van der Waals surface area contributed by atoms with Crippen molar-refractivity contribution in [2.24, 2.45) is 5.73 Å².